The van der Waals surface area contributed by atoms with Crippen molar-refractivity contribution >= 4 is 5.91 Å². The Labute approximate surface area is 87.6 Å². The molecule has 5 heteroatoms. The van der Waals surface area contributed by atoms with Crippen LogP contribution in [0.4, 0.5) is 0 Å². The molecule has 0 saturated carbocycles. The lowest BCUT2D eigenvalue weighted by Crippen LogP contribution is -2.28. The molecule has 0 atom stereocenters. The van der Waals surface area contributed by atoms with Gasteiger partial charge >= 0.3 is 0 Å². The van der Waals surface area contributed by atoms with Gasteiger partial charge in [-0.05, 0) is 19.1 Å². The first-order valence-electron chi connectivity index (χ1n) is 4.55. The summed E-state index contributed by atoms with van der Waals surface area (Å²) in [5.41, 5.74) is 2.18. The van der Waals surface area contributed by atoms with E-state index in [-0.39, 0.29) is 18.1 Å². The van der Waals surface area contributed by atoms with Gasteiger partial charge in [0.1, 0.15) is 0 Å². The molecule has 1 aromatic rings. The highest BCUT2D eigenvalue weighted by Crippen LogP contribution is 2.23. The van der Waals surface area contributed by atoms with E-state index in [4.69, 9.17) is 4.74 Å². The number of nitrogens with one attached hydrogen (secondary N) is 1. The van der Waals surface area contributed by atoms with E-state index in [1.165, 1.54) is 6.07 Å². The highest BCUT2D eigenvalue weighted by atomic mass is 16.7. The molecule has 0 fully saturated rings. The Balaban J connectivity index is 2.37. The van der Waals surface area contributed by atoms with E-state index >= 15 is 0 Å². The van der Waals surface area contributed by atoms with Gasteiger partial charge in [0.25, 0.3) is 5.91 Å². The van der Waals surface area contributed by atoms with Gasteiger partial charge in [0.2, 0.25) is 0 Å². The van der Waals surface area contributed by atoms with E-state index in [1.54, 1.807) is 25.1 Å². The third-order valence-corrected chi connectivity index (χ3v) is 1.55. The molecule has 0 spiro atoms. The maximum Gasteiger partial charge on any atom is 0.281 e. The third kappa shape index (κ3) is 3.86. The van der Waals surface area contributed by atoms with Crippen molar-refractivity contribution in [3.8, 4) is 11.5 Å². The molecule has 0 aliphatic heterocycles. The first-order valence-corrected chi connectivity index (χ1v) is 4.55. The molecular weight excluding hydrogens is 198 g/mol. The van der Waals surface area contributed by atoms with E-state index in [2.05, 4.69) is 10.3 Å². The van der Waals surface area contributed by atoms with Gasteiger partial charge in [0, 0.05) is 0 Å². The summed E-state index contributed by atoms with van der Waals surface area (Å²) in [6, 6.07) is 6.43. The van der Waals surface area contributed by atoms with Gasteiger partial charge in [0.05, 0.1) is 6.61 Å². The Morgan fingerprint density at radius 3 is 2.87 bits per heavy atom. The number of phenols is 1. The number of phenolic OH excluding ortho intramolecular Hbond substituents is 1. The molecule has 1 rings (SSSR count). The van der Waals surface area contributed by atoms with Crippen LogP contribution in [0.1, 0.15) is 6.92 Å². The lowest BCUT2D eigenvalue weighted by atomic mass is 10.3. The van der Waals surface area contributed by atoms with Crippen molar-refractivity contribution in [2.45, 2.75) is 6.92 Å². The maximum atomic E-state index is 11.0. The summed E-state index contributed by atoms with van der Waals surface area (Å²) in [4.78, 5) is 15.7. The minimum absolute atomic E-state index is 0.00158. The second kappa shape index (κ2) is 5.87. The lowest BCUT2D eigenvalue weighted by molar-refractivity contribution is -0.135. The van der Waals surface area contributed by atoms with Gasteiger partial charge in [-0.15, -0.1) is 0 Å². The second-order valence-electron chi connectivity index (χ2n) is 2.71. The number of aromatic hydroxyl groups is 1. The molecule has 0 saturated heterocycles. The predicted octanol–water partition coefficient (Wildman–Crippen LogP) is 0.839. The topological polar surface area (TPSA) is 67.8 Å². The molecule has 1 amide bonds. The number of carbonyl (C=O) groups excluding carboxylic acids is 1. The second-order valence-corrected chi connectivity index (χ2v) is 2.71. The van der Waals surface area contributed by atoms with Gasteiger partial charge in [-0.2, -0.15) is 0 Å². The molecule has 0 aromatic heterocycles. The van der Waals surface area contributed by atoms with Crippen LogP contribution in [0, 0.1) is 0 Å². The predicted molar refractivity (Wildman–Crippen MR) is 53.4 cm³/mol. The van der Waals surface area contributed by atoms with Crippen LogP contribution in [0.15, 0.2) is 24.3 Å². The fraction of sp³-hybridized carbons (Fsp3) is 0.300. The van der Waals surface area contributed by atoms with Crippen molar-refractivity contribution in [2.75, 3.05) is 13.2 Å². The number of ether oxygens (including phenoxy) is 1. The highest BCUT2D eigenvalue weighted by molar-refractivity contribution is 5.76. The summed E-state index contributed by atoms with van der Waals surface area (Å²) in [7, 11) is 0. The van der Waals surface area contributed by atoms with Crippen molar-refractivity contribution in [3.05, 3.63) is 24.3 Å². The van der Waals surface area contributed by atoms with Gasteiger partial charge in [0.15, 0.2) is 18.1 Å². The fourth-order valence-corrected chi connectivity index (χ4v) is 0.905. The largest absolute Gasteiger partial charge is 0.504 e. The van der Waals surface area contributed by atoms with E-state index in [0.29, 0.717) is 6.61 Å². The molecule has 0 unspecified atom stereocenters. The summed E-state index contributed by atoms with van der Waals surface area (Å²) in [5.74, 6) is -0.133. The average Bonchev–Trinajstić information content (AvgIpc) is 2.25. The lowest BCUT2D eigenvalue weighted by Gasteiger charge is -2.07. The average molecular weight is 211 g/mol. The molecule has 82 valence electrons. The number of carbonyl (C=O) groups is 1. The van der Waals surface area contributed by atoms with Gasteiger partial charge < -0.3 is 9.84 Å². The standard InChI is InChI=1S/C10H13NO4/c1-2-15-11-10(13)7-14-9-6-4-3-5-8(9)12/h3-6,12H,2,7H2,1H3,(H,11,13). The zero-order valence-corrected chi connectivity index (χ0v) is 8.40. The fourth-order valence-electron chi connectivity index (χ4n) is 0.905. The molecule has 0 aliphatic carbocycles. The van der Waals surface area contributed by atoms with Gasteiger partial charge in [-0.3, -0.25) is 9.63 Å². The first kappa shape index (κ1) is 11.3. The summed E-state index contributed by atoms with van der Waals surface area (Å²) < 4.78 is 5.05. The van der Waals surface area contributed by atoms with Crippen LogP contribution in [0.5, 0.6) is 11.5 Å². The summed E-state index contributed by atoms with van der Waals surface area (Å²) >= 11 is 0. The molecular formula is C10H13NO4. The number of benzene rings is 1. The quantitative estimate of drug-likeness (QED) is 0.708. The van der Waals surface area contributed by atoms with E-state index in [0.717, 1.165) is 0 Å². The monoisotopic (exact) mass is 211 g/mol. The van der Waals surface area contributed by atoms with E-state index in [9.17, 15) is 9.90 Å². The van der Waals surface area contributed by atoms with Crippen LogP contribution >= 0.6 is 0 Å². The molecule has 0 radical (unpaired) electrons. The summed E-state index contributed by atoms with van der Waals surface area (Å²) in [6.45, 7) is 1.95. The van der Waals surface area contributed by atoms with E-state index in [1.807, 2.05) is 0 Å². The number of rotatable bonds is 5. The van der Waals surface area contributed by atoms with Gasteiger partial charge in [-0.1, -0.05) is 12.1 Å². The van der Waals surface area contributed by atoms with Crippen LogP contribution in [0.3, 0.4) is 0 Å². The Hall–Kier alpha value is -1.75. The zero-order valence-electron chi connectivity index (χ0n) is 8.40. The van der Waals surface area contributed by atoms with E-state index < -0.39 is 5.91 Å². The van der Waals surface area contributed by atoms with Crippen molar-refractivity contribution in [3.63, 3.8) is 0 Å². The number of hydrogen-bond donors (Lipinski definition) is 2. The number of hydrogen-bond acceptors (Lipinski definition) is 4. The molecule has 0 heterocycles. The van der Waals surface area contributed by atoms with Crippen molar-refractivity contribution in [2.24, 2.45) is 0 Å². The summed E-state index contributed by atoms with van der Waals surface area (Å²) in [5, 5.41) is 9.31. The summed E-state index contributed by atoms with van der Waals surface area (Å²) in [6.07, 6.45) is 0. The minimum Gasteiger partial charge on any atom is -0.504 e. The Kier molecular flexibility index (Phi) is 4.43. The number of para-hydroxylation sites is 2. The zero-order chi connectivity index (χ0) is 11.1. The molecule has 0 bridgehead atoms. The highest BCUT2D eigenvalue weighted by Gasteiger charge is 2.04. The number of hydroxylamine groups is 1. The molecule has 5 nitrogen and oxygen atoms in total. The molecule has 15 heavy (non-hydrogen) atoms. The molecule has 2 N–H and O–H groups in total. The van der Waals surface area contributed by atoms with Crippen molar-refractivity contribution in [1.82, 2.24) is 5.48 Å². The van der Waals surface area contributed by atoms with Crippen LogP contribution < -0.4 is 10.2 Å². The normalized spacial score (nSPS) is 9.67. The molecule has 0 aliphatic rings. The van der Waals surface area contributed by atoms with Crippen LogP contribution in [-0.4, -0.2) is 24.2 Å². The maximum absolute atomic E-state index is 11.0. The van der Waals surface area contributed by atoms with Crippen LogP contribution in [0.2, 0.25) is 0 Å². The number of amides is 1. The molecule has 1 aromatic carbocycles. The third-order valence-electron chi connectivity index (χ3n) is 1.55. The van der Waals surface area contributed by atoms with Crippen LogP contribution in [-0.2, 0) is 9.63 Å². The SMILES string of the molecule is CCONC(=O)COc1ccccc1O. The van der Waals surface area contributed by atoms with Crippen molar-refractivity contribution < 1.29 is 19.5 Å². The smallest absolute Gasteiger partial charge is 0.281 e. The Morgan fingerprint density at radius 1 is 1.47 bits per heavy atom. The van der Waals surface area contributed by atoms with Crippen molar-refractivity contribution in [1.29, 1.82) is 0 Å². The first-order chi connectivity index (χ1) is 7.24. The van der Waals surface area contributed by atoms with Gasteiger partial charge in [-0.25, -0.2) is 5.48 Å². The Morgan fingerprint density at radius 2 is 2.20 bits per heavy atom. The Bertz CT molecular complexity index is 327. The van der Waals surface area contributed by atoms with Crippen LogP contribution in [0.25, 0.3) is 0 Å². The minimum atomic E-state index is -0.403.